The Morgan fingerprint density at radius 2 is 2.23 bits per heavy atom. The highest BCUT2D eigenvalue weighted by molar-refractivity contribution is 7.98. The van der Waals surface area contributed by atoms with Crippen LogP contribution < -0.4 is 5.56 Å². The van der Waals surface area contributed by atoms with Gasteiger partial charge in [-0.2, -0.15) is 0 Å². The summed E-state index contributed by atoms with van der Waals surface area (Å²) in [5.74, 6) is 1.21. The van der Waals surface area contributed by atoms with Crippen LogP contribution in [0.4, 0.5) is 0 Å². The van der Waals surface area contributed by atoms with Crippen LogP contribution in [0.5, 0.6) is 0 Å². The highest BCUT2D eigenvalue weighted by Crippen LogP contribution is 2.36. The van der Waals surface area contributed by atoms with Gasteiger partial charge in [-0.1, -0.05) is 11.8 Å². The zero-order valence-corrected chi connectivity index (χ0v) is 13.8. The van der Waals surface area contributed by atoms with E-state index in [4.69, 9.17) is 0 Å². The topological polar surface area (TPSA) is 89.3 Å². The lowest BCUT2D eigenvalue weighted by Gasteiger charge is -2.02. The molecule has 3 heterocycles. The van der Waals surface area contributed by atoms with E-state index in [-0.39, 0.29) is 5.56 Å². The zero-order chi connectivity index (χ0) is 15.3. The van der Waals surface area contributed by atoms with Crippen molar-refractivity contribution in [3.8, 4) is 0 Å². The van der Waals surface area contributed by atoms with E-state index >= 15 is 0 Å². The van der Waals surface area contributed by atoms with Gasteiger partial charge in [-0.15, -0.1) is 16.4 Å². The van der Waals surface area contributed by atoms with Crippen LogP contribution >= 0.6 is 23.1 Å². The van der Waals surface area contributed by atoms with Crippen LogP contribution in [-0.4, -0.2) is 30.2 Å². The molecule has 0 aliphatic heterocycles. The van der Waals surface area contributed by atoms with E-state index in [9.17, 15) is 4.79 Å². The van der Waals surface area contributed by atoms with Crippen molar-refractivity contribution in [3.05, 3.63) is 26.6 Å². The Balaban J connectivity index is 1.61. The number of fused-ring (bicyclic) bond motifs is 1. The molecule has 0 saturated heterocycles. The Labute approximate surface area is 134 Å². The third-order valence-corrected chi connectivity index (χ3v) is 5.83. The Morgan fingerprint density at radius 1 is 1.41 bits per heavy atom. The number of aryl methyl sites for hydroxylation is 2. The molecule has 1 aliphatic rings. The molecule has 4 rings (SSSR count). The van der Waals surface area contributed by atoms with Crippen molar-refractivity contribution >= 4 is 33.3 Å². The van der Waals surface area contributed by atoms with E-state index in [0.29, 0.717) is 23.0 Å². The van der Waals surface area contributed by atoms with Gasteiger partial charge in [0.05, 0.1) is 17.2 Å². The minimum Gasteiger partial charge on any atom is -0.309 e. The average molecular weight is 334 g/mol. The summed E-state index contributed by atoms with van der Waals surface area (Å²) in [6, 6.07) is 0.439. The lowest BCUT2D eigenvalue weighted by atomic mass is 10.2. The fraction of sp³-hybridized carbons (Fsp3) is 0.462. The maximum absolute atomic E-state index is 12.2. The number of rotatable bonds is 4. The average Bonchev–Trinajstić information content (AvgIpc) is 3.15. The van der Waals surface area contributed by atoms with E-state index in [0.717, 1.165) is 33.3 Å². The molecule has 1 N–H and O–H groups in total. The van der Waals surface area contributed by atoms with E-state index < -0.39 is 0 Å². The molecule has 3 aromatic heterocycles. The van der Waals surface area contributed by atoms with Gasteiger partial charge in [-0.25, -0.2) is 9.67 Å². The van der Waals surface area contributed by atoms with Crippen LogP contribution in [0.3, 0.4) is 0 Å². The maximum atomic E-state index is 12.2. The minimum atomic E-state index is -0.0655. The number of thioether (sulfide) groups is 1. The quantitative estimate of drug-likeness (QED) is 0.736. The van der Waals surface area contributed by atoms with Gasteiger partial charge in [0.15, 0.2) is 0 Å². The molecular formula is C13H14N6OS2. The Morgan fingerprint density at radius 3 is 3.00 bits per heavy atom. The molecule has 1 fully saturated rings. The van der Waals surface area contributed by atoms with Gasteiger partial charge in [0.25, 0.3) is 5.56 Å². The summed E-state index contributed by atoms with van der Waals surface area (Å²) < 4.78 is 1.86. The van der Waals surface area contributed by atoms with Crippen molar-refractivity contribution in [1.82, 2.24) is 30.2 Å². The minimum absolute atomic E-state index is 0.0655. The van der Waals surface area contributed by atoms with Crippen LogP contribution in [0.2, 0.25) is 0 Å². The first-order valence-electron chi connectivity index (χ1n) is 7.03. The molecule has 1 aliphatic carbocycles. The predicted octanol–water partition coefficient (Wildman–Crippen LogP) is 2.22. The fourth-order valence-corrected chi connectivity index (χ4v) is 4.19. The second-order valence-electron chi connectivity index (χ2n) is 5.40. The molecular weight excluding hydrogens is 320 g/mol. The molecule has 9 heteroatoms. The smallest absolute Gasteiger partial charge is 0.259 e. The van der Waals surface area contributed by atoms with Crippen molar-refractivity contribution in [2.24, 2.45) is 0 Å². The summed E-state index contributed by atoms with van der Waals surface area (Å²) in [5, 5.41) is 13.3. The number of nitrogens with one attached hydrogen (secondary N) is 1. The molecule has 0 bridgehead atoms. The van der Waals surface area contributed by atoms with Gasteiger partial charge in [0, 0.05) is 4.88 Å². The van der Waals surface area contributed by atoms with Gasteiger partial charge in [-0.3, -0.25) is 4.79 Å². The largest absolute Gasteiger partial charge is 0.309 e. The third kappa shape index (κ3) is 2.34. The van der Waals surface area contributed by atoms with E-state index in [1.165, 1.54) is 11.8 Å². The molecule has 1 saturated carbocycles. The number of aromatic nitrogens is 6. The second-order valence-corrected chi connectivity index (χ2v) is 7.55. The zero-order valence-electron chi connectivity index (χ0n) is 12.2. The SMILES string of the molecule is Cc1sc2nc(CSc3nnnn3C3CC3)[nH]c(=O)c2c1C. The molecule has 0 unspecified atom stereocenters. The first kappa shape index (κ1) is 13.9. The number of aromatic amines is 1. The van der Waals surface area contributed by atoms with Gasteiger partial charge >= 0.3 is 0 Å². The van der Waals surface area contributed by atoms with Crippen molar-refractivity contribution in [1.29, 1.82) is 0 Å². The third-order valence-electron chi connectivity index (χ3n) is 3.78. The Bertz CT molecular complexity index is 907. The second kappa shape index (κ2) is 5.17. The Hall–Kier alpha value is -1.74. The molecule has 0 amide bonds. The monoisotopic (exact) mass is 334 g/mol. The maximum Gasteiger partial charge on any atom is 0.259 e. The van der Waals surface area contributed by atoms with Crippen molar-refractivity contribution in [2.45, 2.75) is 43.6 Å². The molecule has 114 valence electrons. The fourth-order valence-electron chi connectivity index (χ4n) is 2.33. The summed E-state index contributed by atoms with van der Waals surface area (Å²) in [6.45, 7) is 3.97. The van der Waals surface area contributed by atoms with E-state index in [2.05, 4.69) is 25.5 Å². The van der Waals surface area contributed by atoms with Crippen LogP contribution in [0, 0.1) is 13.8 Å². The molecule has 7 nitrogen and oxygen atoms in total. The lowest BCUT2D eigenvalue weighted by Crippen LogP contribution is -2.11. The molecule has 0 atom stereocenters. The summed E-state index contributed by atoms with van der Waals surface area (Å²) in [7, 11) is 0. The van der Waals surface area contributed by atoms with E-state index in [1.54, 1.807) is 11.3 Å². The van der Waals surface area contributed by atoms with Crippen molar-refractivity contribution < 1.29 is 0 Å². The first-order chi connectivity index (χ1) is 10.6. The highest BCUT2D eigenvalue weighted by atomic mass is 32.2. The molecule has 0 radical (unpaired) electrons. The highest BCUT2D eigenvalue weighted by Gasteiger charge is 2.28. The predicted molar refractivity (Wildman–Crippen MR) is 85.4 cm³/mol. The van der Waals surface area contributed by atoms with Crippen LogP contribution in [0.25, 0.3) is 10.2 Å². The number of H-pyrrole nitrogens is 1. The van der Waals surface area contributed by atoms with Gasteiger partial charge in [0.1, 0.15) is 10.7 Å². The standard InChI is InChI=1S/C13H14N6OS2/c1-6-7(2)22-12-10(6)11(20)14-9(15-12)5-21-13-16-17-18-19(13)8-3-4-8/h8H,3-5H2,1-2H3,(H,14,15,20). The normalized spacial score (nSPS) is 14.8. The number of nitrogens with zero attached hydrogens (tertiary/aromatic N) is 5. The van der Waals surface area contributed by atoms with Crippen molar-refractivity contribution in [2.75, 3.05) is 0 Å². The number of tetrazole rings is 1. The summed E-state index contributed by atoms with van der Waals surface area (Å²) in [6.07, 6.45) is 2.26. The number of hydrogen-bond donors (Lipinski definition) is 1. The van der Waals surface area contributed by atoms with Crippen LogP contribution in [0.15, 0.2) is 9.95 Å². The summed E-state index contributed by atoms with van der Waals surface area (Å²) in [4.78, 5) is 21.6. The van der Waals surface area contributed by atoms with Gasteiger partial charge < -0.3 is 4.98 Å². The first-order valence-corrected chi connectivity index (χ1v) is 8.83. The molecule has 3 aromatic rings. The van der Waals surface area contributed by atoms with Crippen LogP contribution in [0.1, 0.15) is 35.1 Å². The lowest BCUT2D eigenvalue weighted by molar-refractivity contribution is 0.565. The summed E-state index contributed by atoms with van der Waals surface area (Å²) >= 11 is 3.06. The van der Waals surface area contributed by atoms with Crippen LogP contribution in [-0.2, 0) is 5.75 Å². The molecule has 0 aromatic carbocycles. The molecule has 0 spiro atoms. The Kier molecular flexibility index (Phi) is 3.26. The summed E-state index contributed by atoms with van der Waals surface area (Å²) in [5.41, 5.74) is 0.954. The van der Waals surface area contributed by atoms with Crippen molar-refractivity contribution in [3.63, 3.8) is 0 Å². The van der Waals surface area contributed by atoms with Gasteiger partial charge in [0.2, 0.25) is 5.16 Å². The molecule has 22 heavy (non-hydrogen) atoms. The van der Waals surface area contributed by atoms with Gasteiger partial charge in [-0.05, 0) is 42.7 Å². The van der Waals surface area contributed by atoms with E-state index in [1.807, 2.05) is 18.5 Å². The number of thiophene rings is 1. The number of hydrogen-bond acceptors (Lipinski definition) is 7.